The first-order valence-corrected chi connectivity index (χ1v) is 10.7. The lowest BCUT2D eigenvalue weighted by atomic mass is 10.1. The zero-order valence-corrected chi connectivity index (χ0v) is 20.2. The molecule has 0 bridgehead atoms. The molecular weight excluding hydrogens is 479 g/mol. The summed E-state index contributed by atoms with van der Waals surface area (Å²) in [7, 11) is 4.02. The highest BCUT2D eigenvalue weighted by Gasteiger charge is 2.18. The molecule has 0 radical (unpaired) electrons. The van der Waals surface area contributed by atoms with Crippen LogP contribution in [0.25, 0.3) is 0 Å². The van der Waals surface area contributed by atoms with Gasteiger partial charge in [0.25, 0.3) is 0 Å². The number of guanidine groups is 1. The molecule has 0 amide bonds. The van der Waals surface area contributed by atoms with E-state index in [1.807, 2.05) is 13.1 Å². The van der Waals surface area contributed by atoms with Crippen LogP contribution in [0.4, 0.5) is 0 Å². The van der Waals surface area contributed by atoms with E-state index in [0.717, 1.165) is 50.9 Å². The summed E-state index contributed by atoms with van der Waals surface area (Å²) in [5, 5.41) is 6.94. The fourth-order valence-corrected chi connectivity index (χ4v) is 4.01. The lowest BCUT2D eigenvalue weighted by Crippen LogP contribution is -2.41. The summed E-state index contributed by atoms with van der Waals surface area (Å²) in [5.41, 5.74) is 1.20. The van der Waals surface area contributed by atoms with Crippen molar-refractivity contribution in [1.29, 1.82) is 0 Å². The highest BCUT2D eigenvalue weighted by molar-refractivity contribution is 14.0. The number of ether oxygens (including phenoxy) is 2. The van der Waals surface area contributed by atoms with Gasteiger partial charge in [-0.15, -0.1) is 24.0 Å². The number of hydrogen-bond acceptors (Lipinski definition) is 4. The molecule has 164 valence electrons. The summed E-state index contributed by atoms with van der Waals surface area (Å²) in [6.45, 7) is 4.14. The molecule has 0 spiro atoms. The minimum Gasteiger partial charge on any atom is -0.492 e. The Morgan fingerprint density at radius 3 is 2.69 bits per heavy atom. The van der Waals surface area contributed by atoms with Gasteiger partial charge in [-0.2, -0.15) is 0 Å². The van der Waals surface area contributed by atoms with Crippen molar-refractivity contribution in [3.63, 3.8) is 0 Å². The Balaban J connectivity index is 0.00000300. The Labute approximate surface area is 192 Å². The van der Waals surface area contributed by atoms with E-state index in [4.69, 9.17) is 9.47 Å². The maximum Gasteiger partial charge on any atom is 0.191 e. The maximum atomic E-state index is 6.00. The van der Waals surface area contributed by atoms with Crippen molar-refractivity contribution in [2.75, 3.05) is 40.5 Å². The highest BCUT2D eigenvalue weighted by atomic mass is 127. The van der Waals surface area contributed by atoms with Gasteiger partial charge in [-0.25, -0.2) is 0 Å². The Bertz CT molecular complexity index is 617. The molecule has 1 heterocycles. The number of benzene rings is 1. The van der Waals surface area contributed by atoms with E-state index in [9.17, 15) is 0 Å². The summed E-state index contributed by atoms with van der Waals surface area (Å²) < 4.78 is 11.4. The fourth-order valence-electron chi connectivity index (χ4n) is 4.01. The standard InChI is InChI=1S/C22H36N4O2.HI/c1-23-22(25-19-7-3-4-8-19)24-17-18-6-5-9-21(16-18)28-15-12-26(2)20-10-13-27-14-11-20;/h5-6,9,16,19-20H,3-4,7-8,10-15,17H2,1-2H3,(H2,23,24,25);1H. The molecule has 7 heteroatoms. The number of nitrogens with one attached hydrogen (secondary N) is 2. The topological polar surface area (TPSA) is 58.1 Å². The summed E-state index contributed by atoms with van der Waals surface area (Å²) >= 11 is 0. The SMILES string of the molecule is CN=C(NCc1cccc(OCCN(C)C2CCOCC2)c1)NC1CCCC1.I. The Kier molecular flexibility index (Phi) is 11.1. The van der Waals surface area contributed by atoms with E-state index in [1.54, 1.807) is 0 Å². The van der Waals surface area contributed by atoms with Crippen LogP contribution < -0.4 is 15.4 Å². The monoisotopic (exact) mass is 516 g/mol. The van der Waals surface area contributed by atoms with Gasteiger partial charge in [-0.1, -0.05) is 25.0 Å². The van der Waals surface area contributed by atoms with Crippen molar-refractivity contribution in [2.45, 2.75) is 57.2 Å². The Morgan fingerprint density at radius 2 is 1.97 bits per heavy atom. The van der Waals surface area contributed by atoms with Gasteiger partial charge in [0, 0.05) is 45.4 Å². The van der Waals surface area contributed by atoms with Crippen LogP contribution in [0.1, 0.15) is 44.1 Å². The summed E-state index contributed by atoms with van der Waals surface area (Å²) in [4.78, 5) is 6.75. The van der Waals surface area contributed by atoms with Crippen molar-refractivity contribution >= 4 is 29.9 Å². The van der Waals surface area contributed by atoms with Gasteiger partial charge >= 0.3 is 0 Å². The third kappa shape index (κ3) is 8.30. The summed E-state index contributed by atoms with van der Waals surface area (Å²) in [6, 6.07) is 9.51. The van der Waals surface area contributed by atoms with Gasteiger partial charge in [0.15, 0.2) is 5.96 Å². The number of hydrogen-bond donors (Lipinski definition) is 2. The third-order valence-electron chi connectivity index (χ3n) is 5.80. The van der Waals surface area contributed by atoms with Gasteiger partial charge < -0.3 is 20.1 Å². The largest absolute Gasteiger partial charge is 0.492 e. The molecule has 1 saturated heterocycles. The molecule has 2 fully saturated rings. The van der Waals surface area contributed by atoms with Crippen molar-refractivity contribution in [1.82, 2.24) is 15.5 Å². The number of rotatable bonds is 8. The van der Waals surface area contributed by atoms with Gasteiger partial charge in [0.1, 0.15) is 12.4 Å². The first kappa shape index (κ1) is 24.2. The third-order valence-corrected chi connectivity index (χ3v) is 5.80. The lowest BCUT2D eigenvalue weighted by molar-refractivity contribution is 0.0392. The minimum atomic E-state index is 0. The predicted octanol–water partition coefficient (Wildman–Crippen LogP) is 3.40. The van der Waals surface area contributed by atoms with E-state index in [0.29, 0.717) is 18.7 Å². The number of likely N-dealkylation sites (N-methyl/N-ethyl adjacent to an activating group) is 1. The van der Waals surface area contributed by atoms with Gasteiger partial charge in [0.05, 0.1) is 0 Å². The average molecular weight is 516 g/mol. The van der Waals surface area contributed by atoms with Crippen LogP contribution in [0.3, 0.4) is 0 Å². The van der Waals surface area contributed by atoms with Crippen molar-refractivity contribution < 1.29 is 9.47 Å². The van der Waals surface area contributed by atoms with E-state index in [1.165, 1.54) is 31.2 Å². The smallest absolute Gasteiger partial charge is 0.191 e. The molecule has 6 nitrogen and oxygen atoms in total. The molecule has 1 saturated carbocycles. The van der Waals surface area contributed by atoms with Crippen LogP contribution in [0.5, 0.6) is 5.75 Å². The number of nitrogens with zero attached hydrogens (tertiary/aromatic N) is 2. The van der Waals surface area contributed by atoms with Crippen molar-refractivity contribution in [3.8, 4) is 5.75 Å². The first-order valence-electron chi connectivity index (χ1n) is 10.7. The molecule has 0 unspecified atom stereocenters. The van der Waals surface area contributed by atoms with Crippen LogP contribution in [-0.2, 0) is 11.3 Å². The molecular formula is C22H37IN4O2. The summed E-state index contributed by atoms with van der Waals surface area (Å²) in [5.74, 6) is 1.81. The molecule has 29 heavy (non-hydrogen) atoms. The molecule has 0 aromatic heterocycles. The second kappa shape index (κ2) is 13.3. The highest BCUT2D eigenvalue weighted by Crippen LogP contribution is 2.18. The quantitative estimate of drug-likeness (QED) is 0.315. The molecule has 1 aromatic carbocycles. The zero-order chi connectivity index (χ0) is 19.6. The van der Waals surface area contributed by atoms with Gasteiger partial charge in [-0.3, -0.25) is 9.89 Å². The first-order chi connectivity index (χ1) is 13.7. The van der Waals surface area contributed by atoms with Gasteiger partial charge in [0.2, 0.25) is 0 Å². The van der Waals surface area contributed by atoms with Crippen LogP contribution in [0, 0.1) is 0 Å². The minimum absolute atomic E-state index is 0. The van der Waals surface area contributed by atoms with E-state index in [-0.39, 0.29) is 24.0 Å². The lowest BCUT2D eigenvalue weighted by Gasteiger charge is -2.31. The second-order valence-electron chi connectivity index (χ2n) is 7.87. The Morgan fingerprint density at radius 1 is 1.21 bits per heavy atom. The van der Waals surface area contributed by atoms with Crippen LogP contribution in [0.2, 0.25) is 0 Å². The predicted molar refractivity (Wildman–Crippen MR) is 129 cm³/mol. The molecule has 2 N–H and O–H groups in total. The van der Waals surface area contributed by atoms with Gasteiger partial charge in [-0.05, 0) is 50.4 Å². The normalized spacial score (nSPS) is 18.5. The van der Waals surface area contributed by atoms with E-state index < -0.39 is 0 Å². The van der Waals surface area contributed by atoms with Crippen molar-refractivity contribution in [3.05, 3.63) is 29.8 Å². The van der Waals surface area contributed by atoms with E-state index >= 15 is 0 Å². The summed E-state index contributed by atoms with van der Waals surface area (Å²) in [6.07, 6.45) is 7.36. The Hall–Kier alpha value is -1.06. The zero-order valence-electron chi connectivity index (χ0n) is 17.9. The molecule has 3 rings (SSSR count). The maximum absolute atomic E-state index is 6.00. The van der Waals surface area contributed by atoms with Crippen molar-refractivity contribution in [2.24, 2.45) is 4.99 Å². The number of halogens is 1. The fraction of sp³-hybridized carbons (Fsp3) is 0.682. The molecule has 1 aromatic rings. The molecule has 1 aliphatic heterocycles. The second-order valence-corrected chi connectivity index (χ2v) is 7.87. The van der Waals surface area contributed by atoms with E-state index in [2.05, 4.69) is 45.8 Å². The van der Waals surface area contributed by atoms with Crippen LogP contribution in [0.15, 0.2) is 29.3 Å². The molecule has 2 aliphatic rings. The molecule has 1 aliphatic carbocycles. The number of aliphatic imine (C=N–C) groups is 1. The van der Waals surface area contributed by atoms with Crippen LogP contribution in [-0.4, -0.2) is 63.4 Å². The van der Waals surface area contributed by atoms with Crippen LogP contribution >= 0.6 is 24.0 Å². The average Bonchev–Trinajstić information content (AvgIpc) is 3.25. The molecule has 0 atom stereocenters.